The van der Waals surface area contributed by atoms with Crippen LogP contribution in [0.4, 0.5) is 5.69 Å². The van der Waals surface area contributed by atoms with Gasteiger partial charge in [-0.3, -0.25) is 14.5 Å². The zero-order chi connectivity index (χ0) is 16.4. The van der Waals surface area contributed by atoms with Crippen LogP contribution in [-0.2, 0) is 16.1 Å². The lowest BCUT2D eigenvalue weighted by Gasteiger charge is -2.35. The van der Waals surface area contributed by atoms with Gasteiger partial charge in [-0.05, 0) is 30.0 Å². The average molecular weight is 315 g/mol. The van der Waals surface area contributed by atoms with E-state index in [1.54, 1.807) is 0 Å². The van der Waals surface area contributed by atoms with Crippen LogP contribution in [0.15, 0.2) is 24.3 Å². The summed E-state index contributed by atoms with van der Waals surface area (Å²) in [6.07, 6.45) is 1.06. The molecule has 2 unspecified atom stereocenters. The predicted octanol–water partition coefficient (Wildman–Crippen LogP) is 1.95. The molecule has 5 nitrogen and oxygen atoms in total. The van der Waals surface area contributed by atoms with Gasteiger partial charge >= 0.3 is 0 Å². The Labute approximate surface area is 137 Å². The number of hydrogen-bond donors (Lipinski definition) is 1. The van der Waals surface area contributed by atoms with E-state index in [0.717, 1.165) is 44.8 Å². The van der Waals surface area contributed by atoms with Crippen LogP contribution in [0.1, 0.15) is 25.8 Å². The Morgan fingerprint density at radius 2 is 1.91 bits per heavy atom. The van der Waals surface area contributed by atoms with Crippen molar-refractivity contribution in [3.8, 4) is 0 Å². The van der Waals surface area contributed by atoms with Crippen LogP contribution in [0.3, 0.4) is 0 Å². The number of nitrogens with zero attached hydrogens (tertiary/aromatic N) is 2. The van der Waals surface area contributed by atoms with Crippen molar-refractivity contribution in [3.63, 3.8) is 0 Å². The van der Waals surface area contributed by atoms with Crippen LogP contribution in [0.25, 0.3) is 0 Å². The third-order valence-electron chi connectivity index (χ3n) is 4.76. The van der Waals surface area contributed by atoms with Gasteiger partial charge in [-0.25, -0.2) is 0 Å². The molecule has 1 heterocycles. The molecule has 2 amide bonds. The first-order valence-electron chi connectivity index (χ1n) is 8.40. The van der Waals surface area contributed by atoms with Crippen molar-refractivity contribution in [3.05, 3.63) is 29.8 Å². The van der Waals surface area contributed by atoms with Crippen LogP contribution < -0.4 is 5.32 Å². The van der Waals surface area contributed by atoms with E-state index in [4.69, 9.17) is 0 Å². The molecule has 1 aliphatic heterocycles. The smallest absolute Gasteiger partial charge is 0.226 e. The molecule has 1 aromatic carbocycles. The molecule has 2 fully saturated rings. The van der Waals surface area contributed by atoms with E-state index in [2.05, 4.69) is 23.2 Å². The summed E-state index contributed by atoms with van der Waals surface area (Å²) in [5, 5.41) is 2.82. The predicted molar refractivity (Wildman–Crippen MR) is 89.9 cm³/mol. The standard InChI is InChI=1S/C18H25N3O2/c1-13-10-17(13)18(23)21-8-6-20(7-9-21)12-15-4-3-5-16(11-15)19-14(2)22/h3-5,11,13,17H,6-10,12H2,1-2H3,(H,19,22). The molecule has 1 aliphatic carbocycles. The zero-order valence-corrected chi connectivity index (χ0v) is 13.9. The Morgan fingerprint density at radius 1 is 1.22 bits per heavy atom. The maximum atomic E-state index is 12.3. The number of hydrogen-bond acceptors (Lipinski definition) is 3. The van der Waals surface area contributed by atoms with E-state index in [1.807, 2.05) is 23.1 Å². The average Bonchev–Trinajstić information content (AvgIpc) is 3.24. The van der Waals surface area contributed by atoms with E-state index < -0.39 is 0 Å². The van der Waals surface area contributed by atoms with E-state index in [1.165, 1.54) is 12.5 Å². The highest BCUT2D eigenvalue weighted by Crippen LogP contribution is 2.39. The SMILES string of the molecule is CC(=O)Nc1cccc(CN2CCN(C(=O)C3CC3C)CC2)c1. The van der Waals surface area contributed by atoms with Crippen molar-refractivity contribution in [2.45, 2.75) is 26.8 Å². The van der Waals surface area contributed by atoms with Crippen LogP contribution in [-0.4, -0.2) is 47.8 Å². The fourth-order valence-corrected chi connectivity index (χ4v) is 3.24. The van der Waals surface area contributed by atoms with Crippen LogP contribution in [0, 0.1) is 11.8 Å². The molecular formula is C18H25N3O2. The molecule has 0 aromatic heterocycles. The largest absolute Gasteiger partial charge is 0.340 e. The third-order valence-corrected chi connectivity index (χ3v) is 4.76. The van der Waals surface area contributed by atoms with Gasteiger partial charge in [-0.15, -0.1) is 0 Å². The van der Waals surface area contributed by atoms with Gasteiger partial charge in [0, 0.05) is 51.3 Å². The molecule has 0 spiro atoms. The van der Waals surface area contributed by atoms with Gasteiger partial charge in [0.2, 0.25) is 11.8 Å². The Kier molecular flexibility index (Phi) is 4.66. The van der Waals surface area contributed by atoms with E-state index in [9.17, 15) is 9.59 Å². The Balaban J connectivity index is 1.50. The molecule has 1 saturated carbocycles. The summed E-state index contributed by atoms with van der Waals surface area (Å²) >= 11 is 0. The Bertz CT molecular complexity index is 594. The molecular weight excluding hydrogens is 290 g/mol. The quantitative estimate of drug-likeness (QED) is 0.924. The molecule has 5 heteroatoms. The summed E-state index contributed by atoms with van der Waals surface area (Å²) in [6, 6.07) is 7.96. The van der Waals surface area contributed by atoms with Crippen molar-refractivity contribution in [1.29, 1.82) is 0 Å². The first kappa shape index (κ1) is 16.0. The number of carbonyl (C=O) groups is 2. The van der Waals surface area contributed by atoms with E-state index in [-0.39, 0.29) is 11.8 Å². The minimum absolute atomic E-state index is 0.0522. The summed E-state index contributed by atoms with van der Waals surface area (Å²) in [5.41, 5.74) is 2.03. The minimum atomic E-state index is -0.0522. The molecule has 2 aliphatic rings. The highest BCUT2D eigenvalue weighted by Gasteiger charge is 2.41. The van der Waals surface area contributed by atoms with Gasteiger partial charge in [0.25, 0.3) is 0 Å². The summed E-state index contributed by atoms with van der Waals surface area (Å²) in [5.74, 6) is 1.17. The molecule has 3 rings (SSSR count). The summed E-state index contributed by atoms with van der Waals surface area (Å²) in [7, 11) is 0. The lowest BCUT2D eigenvalue weighted by molar-refractivity contribution is -0.134. The number of anilines is 1. The molecule has 1 saturated heterocycles. The van der Waals surface area contributed by atoms with E-state index >= 15 is 0 Å². The maximum Gasteiger partial charge on any atom is 0.226 e. The number of carbonyl (C=O) groups excluding carboxylic acids is 2. The third kappa shape index (κ3) is 4.10. The lowest BCUT2D eigenvalue weighted by atomic mass is 10.1. The number of nitrogens with one attached hydrogen (secondary N) is 1. The van der Waals surface area contributed by atoms with Crippen LogP contribution in [0.2, 0.25) is 0 Å². The monoisotopic (exact) mass is 315 g/mol. The van der Waals surface area contributed by atoms with Crippen molar-refractivity contribution >= 4 is 17.5 Å². The molecule has 0 bridgehead atoms. The number of benzene rings is 1. The second kappa shape index (κ2) is 6.71. The maximum absolute atomic E-state index is 12.3. The zero-order valence-electron chi connectivity index (χ0n) is 13.9. The van der Waals surface area contributed by atoms with Crippen LogP contribution >= 0.6 is 0 Å². The Hall–Kier alpha value is -1.88. The summed E-state index contributed by atoms with van der Waals surface area (Å²) in [6.45, 7) is 8.01. The molecule has 1 aromatic rings. The lowest BCUT2D eigenvalue weighted by Crippen LogP contribution is -2.48. The van der Waals surface area contributed by atoms with Gasteiger partial charge in [0.15, 0.2) is 0 Å². The molecule has 1 N–H and O–H groups in total. The molecule has 124 valence electrons. The van der Waals surface area contributed by atoms with Crippen molar-refractivity contribution in [2.75, 3.05) is 31.5 Å². The number of piperazine rings is 1. The van der Waals surface area contributed by atoms with Gasteiger partial charge in [-0.2, -0.15) is 0 Å². The van der Waals surface area contributed by atoms with Crippen LogP contribution in [0.5, 0.6) is 0 Å². The van der Waals surface area contributed by atoms with Gasteiger partial charge < -0.3 is 10.2 Å². The van der Waals surface area contributed by atoms with E-state index in [0.29, 0.717) is 11.8 Å². The normalized spacial score (nSPS) is 24.3. The molecule has 2 atom stereocenters. The fraction of sp³-hybridized carbons (Fsp3) is 0.556. The topological polar surface area (TPSA) is 52.7 Å². The van der Waals surface area contributed by atoms with Crippen molar-refractivity contribution < 1.29 is 9.59 Å². The van der Waals surface area contributed by atoms with Crippen molar-refractivity contribution in [1.82, 2.24) is 9.80 Å². The fourth-order valence-electron chi connectivity index (χ4n) is 3.24. The first-order chi connectivity index (χ1) is 11.0. The number of rotatable bonds is 4. The molecule has 23 heavy (non-hydrogen) atoms. The highest BCUT2D eigenvalue weighted by atomic mass is 16.2. The van der Waals surface area contributed by atoms with Gasteiger partial charge in [0.05, 0.1) is 0 Å². The van der Waals surface area contributed by atoms with Crippen molar-refractivity contribution in [2.24, 2.45) is 11.8 Å². The summed E-state index contributed by atoms with van der Waals surface area (Å²) < 4.78 is 0. The highest BCUT2D eigenvalue weighted by molar-refractivity contribution is 5.88. The second-order valence-electron chi connectivity index (χ2n) is 6.80. The number of amides is 2. The first-order valence-corrected chi connectivity index (χ1v) is 8.40. The second-order valence-corrected chi connectivity index (χ2v) is 6.80. The van der Waals surface area contributed by atoms with Gasteiger partial charge in [0.1, 0.15) is 0 Å². The Morgan fingerprint density at radius 3 is 2.52 bits per heavy atom. The minimum Gasteiger partial charge on any atom is -0.340 e. The van der Waals surface area contributed by atoms with Gasteiger partial charge in [-0.1, -0.05) is 19.1 Å². The summed E-state index contributed by atoms with van der Waals surface area (Å²) in [4.78, 5) is 27.8. The molecule has 0 radical (unpaired) electrons.